The summed E-state index contributed by atoms with van der Waals surface area (Å²) < 4.78 is 10.4. The molecule has 0 aliphatic rings. The van der Waals surface area contributed by atoms with E-state index in [-0.39, 0.29) is 17.2 Å². The van der Waals surface area contributed by atoms with Crippen molar-refractivity contribution in [3.63, 3.8) is 0 Å². The van der Waals surface area contributed by atoms with Crippen LogP contribution in [0.4, 0.5) is 0 Å². The van der Waals surface area contributed by atoms with Crippen molar-refractivity contribution in [3.8, 4) is 23.0 Å². The molecule has 0 amide bonds. The number of phenols is 2. The van der Waals surface area contributed by atoms with Gasteiger partial charge in [-0.2, -0.15) is 0 Å². The molecule has 0 saturated carbocycles. The Kier molecular flexibility index (Phi) is 3.66. The number of ether oxygens (including phenoxy) is 2. The lowest BCUT2D eigenvalue weighted by Gasteiger charge is -2.14. The Morgan fingerprint density at radius 1 is 1.13 bits per heavy atom. The van der Waals surface area contributed by atoms with E-state index in [9.17, 15) is 10.2 Å². The van der Waals surface area contributed by atoms with Gasteiger partial charge in [0.2, 0.25) is 5.75 Å². The molecule has 84 valence electrons. The van der Waals surface area contributed by atoms with Crippen LogP contribution in [0, 0.1) is 6.92 Å². The Morgan fingerprint density at radius 3 is 2.27 bits per heavy atom. The van der Waals surface area contributed by atoms with Gasteiger partial charge < -0.3 is 19.7 Å². The zero-order valence-electron chi connectivity index (χ0n) is 9.20. The summed E-state index contributed by atoms with van der Waals surface area (Å²) in [5.41, 5.74) is 0.568. The molecule has 0 spiro atoms. The van der Waals surface area contributed by atoms with Gasteiger partial charge >= 0.3 is 0 Å². The Hall–Kier alpha value is -1.58. The van der Waals surface area contributed by atoms with Gasteiger partial charge in [0.1, 0.15) is 5.75 Å². The summed E-state index contributed by atoms with van der Waals surface area (Å²) in [7, 11) is 0. The minimum atomic E-state index is -0.108. The second kappa shape index (κ2) is 4.77. The topological polar surface area (TPSA) is 58.9 Å². The van der Waals surface area contributed by atoms with E-state index < -0.39 is 0 Å². The highest BCUT2D eigenvalue weighted by molar-refractivity contribution is 5.59. The third-order valence-electron chi connectivity index (χ3n) is 2.03. The van der Waals surface area contributed by atoms with E-state index in [4.69, 9.17) is 9.47 Å². The first-order chi connectivity index (χ1) is 7.11. The van der Waals surface area contributed by atoms with Gasteiger partial charge in [0.25, 0.3) is 0 Å². The van der Waals surface area contributed by atoms with Gasteiger partial charge in [0, 0.05) is 11.6 Å². The van der Waals surface area contributed by atoms with Crippen LogP contribution < -0.4 is 9.47 Å². The van der Waals surface area contributed by atoms with Gasteiger partial charge in [-0.1, -0.05) is 0 Å². The number of hydrogen-bond acceptors (Lipinski definition) is 4. The molecule has 0 aromatic heterocycles. The highest BCUT2D eigenvalue weighted by atomic mass is 16.5. The molecule has 0 heterocycles. The van der Waals surface area contributed by atoms with Crippen LogP contribution in [0.25, 0.3) is 0 Å². The smallest absolute Gasteiger partial charge is 0.203 e. The number of aromatic hydroxyl groups is 2. The molecule has 4 heteroatoms. The molecule has 0 bridgehead atoms. The molecule has 0 aliphatic carbocycles. The highest BCUT2D eigenvalue weighted by Crippen LogP contribution is 2.43. The molecular weight excluding hydrogens is 196 g/mol. The fourth-order valence-corrected chi connectivity index (χ4v) is 1.30. The lowest BCUT2D eigenvalue weighted by molar-refractivity contribution is 0.290. The van der Waals surface area contributed by atoms with Crippen LogP contribution in [0.3, 0.4) is 0 Å². The second-order valence-corrected chi connectivity index (χ2v) is 3.06. The zero-order valence-corrected chi connectivity index (χ0v) is 9.20. The predicted octanol–water partition coefficient (Wildman–Crippen LogP) is 2.20. The molecule has 0 unspecified atom stereocenters. The van der Waals surface area contributed by atoms with Crippen molar-refractivity contribution >= 4 is 0 Å². The summed E-state index contributed by atoms with van der Waals surface area (Å²) in [5.74, 6) is 0.401. The van der Waals surface area contributed by atoms with Crippen LogP contribution >= 0.6 is 0 Å². The first-order valence-electron chi connectivity index (χ1n) is 4.92. The molecule has 1 aromatic carbocycles. The quantitative estimate of drug-likeness (QED) is 0.803. The lowest BCUT2D eigenvalue weighted by atomic mass is 10.1. The lowest BCUT2D eigenvalue weighted by Crippen LogP contribution is -1.98. The summed E-state index contributed by atoms with van der Waals surface area (Å²) in [6.07, 6.45) is 0. The van der Waals surface area contributed by atoms with Crippen molar-refractivity contribution in [1.29, 1.82) is 0 Å². The van der Waals surface area contributed by atoms with Crippen LogP contribution in [0.15, 0.2) is 6.07 Å². The van der Waals surface area contributed by atoms with Crippen LogP contribution in [0.1, 0.15) is 19.4 Å². The average molecular weight is 212 g/mol. The molecule has 0 saturated heterocycles. The SMILES string of the molecule is CCOc1cc(O)c(OCC)c(O)c1C. The van der Waals surface area contributed by atoms with Crippen LogP contribution in [0.2, 0.25) is 0 Å². The standard InChI is InChI=1S/C11H16O4/c1-4-14-9-6-8(12)11(15-5-2)10(13)7(9)3/h6,12-13H,4-5H2,1-3H3. The molecular formula is C11H16O4. The van der Waals surface area contributed by atoms with Crippen LogP contribution in [0.5, 0.6) is 23.0 Å². The van der Waals surface area contributed by atoms with Crippen molar-refractivity contribution < 1.29 is 19.7 Å². The number of hydrogen-bond donors (Lipinski definition) is 2. The van der Waals surface area contributed by atoms with Gasteiger partial charge in [0.05, 0.1) is 13.2 Å². The van der Waals surface area contributed by atoms with Gasteiger partial charge in [-0.25, -0.2) is 0 Å². The first-order valence-corrected chi connectivity index (χ1v) is 4.92. The Morgan fingerprint density at radius 2 is 1.73 bits per heavy atom. The van der Waals surface area contributed by atoms with Gasteiger partial charge in [0.15, 0.2) is 11.5 Å². The normalized spacial score (nSPS) is 10.1. The summed E-state index contributed by atoms with van der Waals surface area (Å²) >= 11 is 0. The molecule has 4 nitrogen and oxygen atoms in total. The number of phenolic OH excluding ortho intramolecular Hbond substituents is 2. The van der Waals surface area contributed by atoms with Crippen molar-refractivity contribution in [2.45, 2.75) is 20.8 Å². The zero-order chi connectivity index (χ0) is 11.4. The van der Waals surface area contributed by atoms with Crippen molar-refractivity contribution in [3.05, 3.63) is 11.6 Å². The van der Waals surface area contributed by atoms with Crippen molar-refractivity contribution in [2.24, 2.45) is 0 Å². The molecule has 15 heavy (non-hydrogen) atoms. The Balaban J connectivity index is 3.18. The largest absolute Gasteiger partial charge is 0.504 e. The second-order valence-electron chi connectivity index (χ2n) is 3.06. The van der Waals surface area contributed by atoms with E-state index in [2.05, 4.69) is 0 Å². The summed E-state index contributed by atoms with van der Waals surface area (Å²) in [6.45, 7) is 6.19. The van der Waals surface area contributed by atoms with E-state index in [0.717, 1.165) is 0 Å². The third-order valence-corrected chi connectivity index (χ3v) is 2.03. The van der Waals surface area contributed by atoms with Crippen molar-refractivity contribution in [2.75, 3.05) is 13.2 Å². The van der Waals surface area contributed by atoms with E-state index in [1.54, 1.807) is 13.8 Å². The van der Waals surface area contributed by atoms with E-state index >= 15 is 0 Å². The Labute approximate surface area is 89.1 Å². The molecule has 2 N–H and O–H groups in total. The molecule has 0 atom stereocenters. The molecule has 1 aromatic rings. The van der Waals surface area contributed by atoms with Gasteiger partial charge in [-0.05, 0) is 20.8 Å². The van der Waals surface area contributed by atoms with Crippen molar-refractivity contribution in [1.82, 2.24) is 0 Å². The minimum absolute atomic E-state index is 0.0692. The predicted molar refractivity (Wildman–Crippen MR) is 56.8 cm³/mol. The fourth-order valence-electron chi connectivity index (χ4n) is 1.30. The van der Waals surface area contributed by atoms with Crippen LogP contribution in [-0.4, -0.2) is 23.4 Å². The molecule has 0 aliphatic heterocycles. The molecule has 1 rings (SSSR count). The average Bonchev–Trinajstić information content (AvgIpc) is 2.21. The summed E-state index contributed by atoms with van der Waals surface area (Å²) in [5, 5.41) is 19.3. The van der Waals surface area contributed by atoms with E-state index in [1.807, 2.05) is 6.92 Å². The first kappa shape index (κ1) is 11.5. The minimum Gasteiger partial charge on any atom is -0.504 e. The van der Waals surface area contributed by atoms with E-state index in [1.165, 1.54) is 6.07 Å². The van der Waals surface area contributed by atoms with Gasteiger partial charge in [-0.3, -0.25) is 0 Å². The Bertz CT molecular complexity index is 347. The monoisotopic (exact) mass is 212 g/mol. The fraction of sp³-hybridized carbons (Fsp3) is 0.455. The third kappa shape index (κ3) is 2.26. The summed E-state index contributed by atoms with van der Waals surface area (Å²) in [4.78, 5) is 0. The maximum absolute atomic E-state index is 9.75. The maximum Gasteiger partial charge on any atom is 0.203 e. The maximum atomic E-state index is 9.75. The van der Waals surface area contributed by atoms with E-state index in [0.29, 0.717) is 24.5 Å². The van der Waals surface area contributed by atoms with Crippen LogP contribution in [-0.2, 0) is 0 Å². The number of rotatable bonds is 4. The molecule has 0 fully saturated rings. The number of benzene rings is 1. The summed E-state index contributed by atoms with van der Waals surface area (Å²) in [6, 6.07) is 1.45. The highest BCUT2D eigenvalue weighted by Gasteiger charge is 2.16. The molecule has 0 radical (unpaired) electrons. The van der Waals surface area contributed by atoms with Gasteiger partial charge in [-0.15, -0.1) is 0 Å².